The summed E-state index contributed by atoms with van der Waals surface area (Å²) < 4.78 is 40.6. The van der Waals surface area contributed by atoms with Gasteiger partial charge in [-0.25, -0.2) is 12.8 Å². The summed E-state index contributed by atoms with van der Waals surface area (Å²) in [7, 11) is -3.67. The predicted molar refractivity (Wildman–Crippen MR) is 83.6 cm³/mol. The van der Waals surface area contributed by atoms with Gasteiger partial charge < -0.3 is 5.32 Å². The van der Waals surface area contributed by atoms with Gasteiger partial charge in [0.15, 0.2) is 0 Å². The predicted octanol–water partition coefficient (Wildman–Crippen LogP) is 3.11. The number of thiophene rings is 1. The Bertz CT molecular complexity index is 726. The summed E-state index contributed by atoms with van der Waals surface area (Å²) in [6.45, 7) is 5.06. The Hall–Kier alpha value is -1.44. The van der Waals surface area contributed by atoms with Crippen LogP contribution in [0, 0.1) is 12.7 Å². The van der Waals surface area contributed by atoms with Crippen LogP contribution in [-0.2, 0) is 16.6 Å². The minimum Gasteiger partial charge on any atom is -0.312 e. The Kier molecular flexibility index (Phi) is 4.97. The molecule has 0 atom stereocenters. The van der Waals surface area contributed by atoms with Crippen molar-refractivity contribution < 1.29 is 12.8 Å². The molecule has 0 saturated carbocycles. The normalized spacial score (nSPS) is 11.6. The lowest BCUT2D eigenvalue weighted by Gasteiger charge is -2.07. The molecule has 4 nitrogen and oxygen atoms in total. The van der Waals surface area contributed by atoms with Gasteiger partial charge in [0.1, 0.15) is 10.0 Å². The quantitative estimate of drug-likeness (QED) is 0.856. The van der Waals surface area contributed by atoms with Gasteiger partial charge in [0, 0.05) is 11.4 Å². The van der Waals surface area contributed by atoms with E-state index in [4.69, 9.17) is 0 Å². The summed E-state index contributed by atoms with van der Waals surface area (Å²) in [5.74, 6) is -0.436. The number of benzene rings is 1. The Morgan fingerprint density at radius 1 is 1.24 bits per heavy atom. The standard InChI is InChI=1S/C14H17FN2O2S2/c1-3-16-9-12-6-7-14(20-12)21(18,19)17-11-5-4-10(2)13(15)8-11/h4-8,16-17H,3,9H2,1-2H3. The summed E-state index contributed by atoms with van der Waals surface area (Å²) in [6.07, 6.45) is 0. The van der Waals surface area contributed by atoms with E-state index in [0.29, 0.717) is 12.1 Å². The molecule has 0 unspecified atom stereocenters. The zero-order chi connectivity index (χ0) is 15.5. The molecular weight excluding hydrogens is 311 g/mol. The van der Waals surface area contributed by atoms with Gasteiger partial charge in [-0.1, -0.05) is 13.0 Å². The van der Waals surface area contributed by atoms with Crippen molar-refractivity contribution in [1.82, 2.24) is 5.32 Å². The average Bonchev–Trinajstić information content (AvgIpc) is 2.90. The first-order valence-corrected chi connectivity index (χ1v) is 8.80. The van der Waals surface area contributed by atoms with Crippen molar-refractivity contribution in [3.05, 3.63) is 46.6 Å². The van der Waals surface area contributed by atoms with Gasteiger partial charge in [0.05, 0.1) is 5.69 Å². The van der Waals surface area contributed by atoms with Crippen LogP contribution in [0.5, 0.6) is 0 Å². The van der Waals surface area contributed by atoms with E-state index < -0.39 is 15.8 Å². The van der Waals surface area contributed by atoms with Crippen molar-refractivity contribution >= 4 is 27.0 Å². The second-order valence-electron chi connectivity index (χ2n) is 4.57. The van der Waals surface area contributed by atoms with Crippen LogP contribution in [0.4, 0.5) is 10.1 Å². The average molecular weight is 328 g/mol. The molecule has 1 aromatic carbocycles. The van der Waals surface area contributed by atoms with E-state index in [1.165, 1.54) is 23.5 Å². The Balaban J connectivity index is 2.17. The highest BCUT2D eigenvalue weighted by Gasteiger charge is 2.17. The van der Waals surface area contributed by atoms with E-state index in [1.807, 2.05) is 6.92 Å². The van der Waals surface area contributed by atoms with Crippen LogP contribution in [0.2, 0.25) is 0 Å². The molecule has 0 spiro atoms. The van der Waals surface area contributed by atoms with Gasteiger partial charge in [-0.05, 0) is 43.3 Å². The molecule has 2 rings (SSSR count). The van der Waals surface area contributed by atoms with Crippen molar-refractivity contribution in [3.8, 4) is 0 Å². The van der Waals surface area contributed by atoms with Crippen molar-refractivity contribution in [2.24, 2.45) is 0 Å². The highest BCUT2D eigenvalue weighted by atomic mass is 32.2. The maximum atomic E-state index is 13.5. The van der Waals surface area contributed by atoms with Crippen molar-refractivity contribution in [2.45, 2.75) is 24.6 Å². The Morgan fingerprint density at radius 2 is 2.00 bits per heavy atom. The summed E-state index contributed by atoms with van der Waals surface area (Å²) in [5, 5.41) is 3.14. The molecule has 0 aliphatic rings. The fraction of sp³-hybridized carbons (Fsp3) is 0.286. The van der Waals surface area contributed by atoms with Gasteiger partial charge in [-0.3, -0.25) is 4.72 Å². The fourth-order valence-electron chi connectivity index (χ4n) is 1.71. The van der Waals surface area contributed by atoms with Gasteiger partial charge in [0.25, 0.3) is 10.0 Å². The van der Waals surface area contributed by atoms with Crippen LogP contribution >= 0.6 is 11.3 Å². The SMILES string of the molecule is CCNCc1ccc(S(=O)(=O)Nc2ccc(C)c(F)c2)s1. The molecule has 2 aromatic rings. The molecule has 0 saturated heterocycles. The van der Waals surface area contributed by atoms with E-state index >= 15 is 0 Å². The number of nitrogens with one attached hydrogen (secondary N) is 2. The summed E-state index contributed by atoms with van der Waals surface area (Å²) in [6, 6.07) is 7.60. The van der Waals surface area contributed by atoms with Crippen LogP contribution in [0.1, 0.15) is 17.4 Å². The molecule has 0 radical (unpaired) electrons. The zero-order valence-corrected chi connectivity index (χ0v) is 13.4. The summed E-state index contributed by atoms with van der Waals surface area (Å²) in [4.78, 5) is 0.937. The van der Waals surface area contributed by atoms with Crippen LogP contribution in [0.15, 0.2) is 34.5 Å². The number of hydrogen-bond acceptors (Lipinski definition) is 4. The molecule has 0 aliphatic carbocycles. The first kappa shape index (κ1) is 15.9. The molecule has 0 fully saturated rings. The maximum absolute atomic E-state index is 13.5. The third-order valence-corrected chi connectivity index (χ3v) is 5.83. The van der Waals surface area contributed by atoms with Crippen molar-refractivity contribution in [3.63, 3.8) is 0 Å². The van der Waals surface area contributed by atoms with Crippen LogP contribution in [0.25, 0.3) is 0 Å². The van der Waals surface area contributed by atoms with Crippen molar-refractivity contribution in [2.75, 3.05) is 11.3 Å². The van der Waals surface area contributed by atoms with E-state index in [9.17, 15) is 12.8 Å². The summed E-state index contributed by atoms with van der Waals surface area (Å²) in [5.41, 5.74) is 0.696. The highest BCUT2D eigenvalue weighted by molar-refractivity contribution is 7.94. The maximum Gasteiger partial charge on any atom is 0.271 e. The molecule has 114 valence electrons. The molecule has 21 heavy (non-hydrogen) atoms. The molecule has 0 aliphatic heterocycles. The van der Waals surface area contributed by atoms with Gasteiger partial charge >= 0.3 is 0 Å². The molecule has 0 bridgehead atoms. The lowest BCUT2D eigenvalue weighted by molar-refractivity contribution is 0.603. The smallest absolute Gasteiger partial charge is 0.271 e. The van der Waals surface area contributed by atoms with Crippen LogP contribution in [-0.4, -0.2) is 15.0 Å². The third-order valence-electron chi connectivity index (χ3n) is 2.88. The molecule has 1 heterocycles. The molecule has 1 aromatic heterocycles. The highest BCUT2D eigenvalue weighted by Crippen LogP contribution is 2.24. The van der Waals surface area contributed by atoms with E-state index in [1.54, 1.807) is 25.1 Å². The van der Waals surface area contributed by atoms with Gasteiger partial charge in [-0.15, -0.1) is 11.3 Å². The first-order chi connectivity index (χ1) is 9.92. The van der Waals surface area contributed by atoms with Gasteiger partial charge in [0.2, 0.25) is 0 Å². The first-order valence-electron chi connectivity index (χ1n) is 6.51. The van der Waals surface area contributed by atoms with Crippen LogP contribution in [0.3, 0.4) is 0 Å². The molecule has 7 heteroatoms. The number of aryl methyl sites for hydroxylation is 1. The second kappa shape index (κ2) is 6.55. The molecular formula is C14H17FN2O2S2. The Labute approximate surface area is 128 Å². The van der Waals surface area contributed by atoms with E-state index in [-0.39, 0.29) is 9.90 Å². The number of rotatable bonds is 6. The van der Waals surface area contributed by atoms with Crippen LogP contribution < -0.4 is 10.0 Å². The Morgan fingerprint density at radius 3 is 2.67 bits per heavy atom. The lowest BCUT2D eigenvalue weighted by Crippen LogP contribution is -2.12. The fourth-order valence-corrected chi connectivity index (χ4v) is 4.08. The monoisotopic (exact) mass is 328 g/mol. The molecule has 2 N–H and O–H groups in total. The second-order valence-corrected chi connectivity index (χ2v) is 7.65. The van der Waals surface area contributed by atoms with Crippen molar-refractivity contribution in [1.29, 1.82) is 0 Å². The van der Waals surface area contributed by atoms with E-state index in [0.717, 1.165) is 11.4 Å². The topological polar surface area (TPSA) is 58.2 Å². The third kappa shape index (κ3) is 4.03. The lowest BCUT2D eigenvalue weighted by atomic mass is 10.2. The number of hydrogen-bond donors (Lipinski definition) is 2. The number of sulfonamides is 1. The van der Waals surface area contributed by atoms with E-state index in [2.05, 4.69) is 10.0 Å². The number of halogens is 1. The zero-order valence-electron chi connectivity index (χ0n) is 11.8. The largest absolute Gasteiger partial charge is 0.312 e. The van der Waals surface area contributed by atoms with Gasteiger partial charge in [-0.2, -0.15) is 0 Å². The number of anilines is 1. The molecule has 0 amide bonds. The minimum atomic E-state index is -3.67. The minimum absolute atomic E-state index is 0.219. The summed E-state index contributed by atoms with van der Waals surface area (Å²) >= 11 is 1.20.